The molecule has 220 valence electrons. The van der Waals surface area contributed by atoms with E-state index >= 15 is 4.39 Å². The first-order valence-electron chi connectivity index (χ1n) is 14.4. The van der Waals surface area contributed by atoms with E-state index < -0.39 is 51.5 Å². The van der Waals surface area contributed by atoms with Gasteiger partial charge in [-0.3, -0.25) is 9.67 Å². The Morgan fingerprint density at radius 1 is 1.12 bits per heavy atom. The Bertz CT molecular complexity index is 1700. The van der Waals surface area contributed by atoms with E-state index in [1.54, 1.807) is 6.92 Å². The first-order valence-corrected chi connectivity index (χ1v) is 16.6. The van der Waals surface area contributed by atoms with Crippen LogP contribution >= 0.6 is 0 Å². The maximum atomic E-state index is 16.2. The summed E-state index contributed by atoms with van der Waals surface area (Å²) in [5.74, 6) is -1.47. The average Bonchev–Trinajstić information content (AvgIpc) is 3.43. The predicted octanol–water partition coefficient (Wildman–Crippen LogP) is 6.42. The van der Waals surface area contributed by atoms with Gasteiger partial charge in [0.2, 0.25) is 0 Å². The van der Waals surface area contributed by atoms with E-state index in [0.717, 1.165) is 23.0 Å². The maximum absolute atomic E-state index is 16.2. The Morgan fingerprint density at radius 2 is 1.88 bits per heavy atom. The first-order chi connectivity index (χ1) is 20.3. The molecule has 5 rings (SSSR count). The molecular formula is C27H31F5N6O2Si. The summed E-state index contributed by atoms with van der Waals surface area (Å²) in [6, 6.07) is 3.23. The lowest BCUT2D eigenvalue weighted by Crippen LogP contribution is -2.51. The summed E-state index contributed by atoms with van der Waals surface area (Å²) in [5, 5.41) is 9.09. The van der Waals surface area contributed by atoms with E-state index in [1.807, 2.05) is 0 Å². The van der Waals surface area contributed by atoms with Crippen LogP contribution in [0.25, 0.3) is 33.5 Å². The van der Waals surface area contributed by atoms with Crippen LogP contribution in [0.5, 0.6) is 0 Å². The molecule has 1 aliphatic rings. The van der Waals surface area contributed by atoms with Gasteiger partial charge in [-0.15, -0.1) is 0 Å². The number of fused-ring (bicyclic) bond motifs is 2. The summed E-state index contributed by atoms with van der Waals surface area (Å²) in [4.78, 5) is 8.46. The van der Waals surface area contributed by atoms with Gasteiger partial charge in [-0.05, 0) is 38.9 Å². The number of aryl methyl sites for hydroxylation is 2. The third kappa shape index (κ3) is 5.39. The Morgan fingerprint density at radius 3 is 2.51 bits per heavy atom. The molecule has 0 aromatic carbocycles. The number of nitrogens with zero attached hydrogens (tertiary/aromatic N) is 6. The number of hydrogen-bond donors (Lipinski definition) is 0. The van der Waals surface area contributed by atoms with Gasteiger partial charge in [0.05, 0.1) is 47.5 Å². The lowest BCUT2D eigenvalue weighted by atomic mass is 9.95. The molecule has 14 heteroatoms. The zero-order valence-electron chi connectivity index (χ0n) is 26.2. The fourth-order valence-corrected chi connectivity index (χ4v) is 5.44. The van der Waals surface area contributed by atoms with Crippen LogP contribution in [0, 0.1) is 25.5 Å². The van der Waals surface area contributed by atoms with Crippen LogP contribution in [0.15, 0.2) is 18.3 Å². The van der Waals surface area contributed by atoms with Crippen molar-refractivity contribution in [3.63, 3.8) is 0 Å². The minimum Gasteiger partial charge on any atom is -0.359 e. The zero-order chi connectivity index (χ0) is 32.4. The summed E-state index contributed by atoms with van der Waals surface area (Å²) in [7, 11) is -1.37. The van der Waals surface area contributed by atoms with E-state index in [2.05, 4.69) is 39.8 Å². The van der Waals surface area contributed by atoms with Gasteiger partial charge in [0.25, 0.3) is 0 Å². The van der Waals surface area contributed by atoms with E-state index in [-0.39, 0.29) is 51.7 Å². The molecule has 1 aliphatic heterocycles. The van der Waals surface area contributed by atoms with Crippen LogP contribution in [-0.2, 0) is 29.4 Å². The second kappa shape index (κ2) is 10.2. The molecular weight excluding hydrogens is 563 g/mol. The molecule has 0 bridgehead atoms. The van der Waals surface area contributed by atoms with Gasteiger partial charge >= 0.3 is 6.18 Å². The number of ether oxygens (including phenoxy) is 2. The van der Waals surface area contributed by atoms with Gasteiger partial charge in [-0.1, -0.05) is 19.6 Å². The Kier molecular flexibility index (Phi) is 6.36. The molecule has 41 heavy (non-hydrogen) atoms. The second-order valence-corrected chi connectivity index (χ2v) is 16.9. The molecule has 0 spiro atoms. The SMILES string of the molecule is [2H]C([2H])([2H])C1(C(F)(F)F)Cn2nc(-c3ccc(F)cn3)c(-c3c(F)c(C)nc4c3c(C)nn4COCC[Si](C)(C)C)c2CO1. The lowest BCUT2D eigenvalue weighted by molar-refractivity contribution is -0.287. The smallest absolute Gasteiger partial charge is 0.359 e. The van der Waals surface area contributed by atoms with Gasteiger partial charge in [0.1, 0.15) is 18.2 Å². The molecule has 0 amide bonds. The Labute approximate surface area is 238 Å². The topological polar surface area (TPSA) is 79.9 Å². The average molecular weight is 598 g/mol. The van der Waals surface area contributed by atoms with Crippen molar-refractivity contribution in [3.8, 4) is 22.5 Å². The van der Waals surface area contributed by atoms with Crippen molar-refractivity contribution in [2.75, 3.05) is 6.61 Å². The number of hydrogen-bond acceptors (Lipinski definition) is 6. The van der Waals surface area contributed by atoms with Crippen molar-refractivity contribution in [2.45, 2.75) is 78.0 Å². The molecule has 1 atom stereocenters. The summed E-state index contributed by atoms with van der Waals surface area (Å²) in [6.07, 6.45) is -4.41. The standard InChI is InChI=1S/C27H31F5N6O2Si/c1-15-20-22(23(29)16(2)34-25(20)38(35-15)14-39-9-10-41(4,5)6)21-19-12-40-26(3,27(30,31)32)13-37(19)36-24(21)18-8-7-17(28)11-33-18/h7-8,11H,9-10,12-14H2,1-6H3/i3D3. The highest BCUT2D eigenvalue weighted by Crippen LogP contribution is 2.45. The van der Waals surface area contributed by atoms with Crippen molar-refractivity contribution >= 4 is 19.1 Å². The molecule has 4 aromatic rings. The van der Waals surface area contributed by atoms with Crippen molar-refractivity contribution in [1.82, 2.24) is 29.5 Å². The number of aromatic nitrogens is 6. The fraction of sp³-hybridized carbons (Fsp3) is 0.481. The van der Waals surface area contributed by atoms with Crippen LogP contribution in [0.3, 0.4) is 0 Å². The van der Waals surface area contributed by atoms with Gasteiger partial charge in [0, 0.05) is 29.9 Å². The molecule has 5 heterocycles. The quantitative estimate of drug-likeness (QED) is 0.139. The highest BCUT2D eigenvalue weighted by atomic mass is 28.3. The highest BCUT2D eigenvalue weighted by molar-refractivity contribution is 6.76. The highest BCUT2D eigenvalue weighted by Gasteiger charge is 2.55. The van der Waals surface area contributed by atoms with Crippen molar-refractivity contribution in [1.29, 1.82) is 0 Å². The number of rotatable bonds is 7. The first kappa shape index (κ1) is 25.5. The third-order valence-electron chi connectivity index (χ3n) is 6.93. The minimum absolute atomic E-state index is 0.0143. The van der Waals surface area contributed by atoms with E-state index in [9.17, 15) is 17.6 Å². The van der Waals surface area contributed by atoms with Crippen LogP contribution < -0.4 is 0 Å². The van der Waals surface area contributed by atoms with Gasteiger partial charge in [-0.25, -0.2) is 18.4 Å². The predicted molar refractivity (Wildman–Crippen MR) is 145 cm³/mol. The largest absolute Gasteiger partial charge is 0.419 e. The summed E-state index contributed by atoms with van der Waals surface area (Å²) < 4.78 is 109. The normalized spacial score (nSPS) is 19.2. The summed E-state index contributed by atoms with van der Waals surface area (Å²) >= 11 is 0. The van der Waals surface area contributed by atoms with E-state index in [1.165, 1.54) is 17.7 Å². The molecule has 1 unspecified atom stereocenters. The van der Waals surface area contributed by atoms with Gasteiger partial charge < -0.3 is 9.47 Å². The van der Waals surface area contributed by atoms with Crippen molar-refractivity contribution in [3.05, 3.63) is 47.0 Å². The van der Waals surface area contributed by atoms with Gasteiger partial charge in [-0.2, -0.15) is 23.4 Å². The van der Waals surface area contributed by atoms with Crippen LogP contribution in [0.4, 0.5) is 22.0 Å². The second-order valence-electron chi connectivity index (χ2n) is 11.3. The number of pyridine rings is 2. The summed E-state index contributed by atoms with van der Waals surface area (Å²) in [5.41, 5.74) is -3.10. The molecule has 0 saturated carbocycles. The summed E-state index contributed by atoms with van der Waals surface area (Å²) in [6.45, 7) is 4.52. The van der Waals surface area contributed by atoms with Crippen LogP contribution in [0.2, 0.25) is 25.7 Å². The molecule has 0 saturated heterocycles. The maximum Gasteiger partial charge on any atom is 0.419 e. The molecule has 0 radical (unpaired) electrons. The minimum atomic E-state index is -5.30. The zero-order valence-corrected chi connectivity index (χ0v) is 24.2. The molecule has 0 aliphatic carbocycles. The van der Waals surface area contributed by atoms with Gasteiger partial charge in [0.15, 0.2) is 17.1 Å². The Balaban J connectivity index is 1.73. The fourth-order valence-electron chi connectivity index (χ4n) is 4.68. The van der Waals surface area contributed by atoms with Crippen molar-refractivity contribution < 1.29 is 35.5 Å². The van der Waals surface area contributed by atoms with E-state index in [0.29, 0.717) is 12.3 Å². The van der Waals surface area contributed by atoms with Crippen LogP contribution in [0.1, 0.15) is 28.0 Å². The third-order valence-corrected chi connectivity index (χ3v) is 8.64. The lowest BCUT2D eigenvalue weighted by Gasteiger charge is -2.36. The molecule has 8 nitrogen and oxygen atoms in total. The van der Waals surface area contributed by atoms with E-state index in [4.69, 9.17) is 13.6 Å². The monoisotopic (exact) mass is 597 g/mol. The molecule has 0 fully saturated rings. The number of halogens is 5. The molecule has 4 aromatic heterocycles. The Hall–Kier alpha value is -3.23. The molecule has 0 N–H and O–H groups in total. The van der Waals surface area contributed by atoms with Crippen LogP contribution in [-0.4, -0.2) is 56.0 Å². The number of alkyl halides is 3. The van der Waals surface area contributed by atoms with Crippen molar-refractivity contribution in [2.24, 2.45) is 0 Å².